The maximum atomic E-state index is 10.7. The van der Waals surface area contributed by atoms with Gasteiger partial charge in [-0.25, -0.2) is 0 Å². The van der Waals surface area contributed by atoms with Crippen LogP contribution in [-0.2, 0) is 5.41 Å². The van der Waals surface area contributed by atoms with Gasteiger partial charge in [0.1, 0.15) is 12.4 Å². The van der Waals surface area contributed by atoms with Crippen LogP contribution >= 0.6 is 0 Å². The fourth-order valence-corrected chi connectivity index (χ4v) is 1.52. The highest BCUT2D eigenvalue weighted by Gasteiger charge is 2.21. The fourth-order valence-electron chi connectivity index (χ4n) is 1.52. The SMILES string of the molecule is CC(C)(C)c1ccc([N+](=O)[O-])cc1OCCO. The maximum Gasteiger partial charge on any atom is 0.273 e. The Hall–Kier alpha value is -1.62. The van der Waals surface area contributed by atoms with Crippen LogP contribution < -0.4 is 4.74 Å². The van der Waals surface area contributed by atoms with Crippen LogP contribution in [0.2, 0.25) is 0 Å². The molecule has 0 saturated heterocycles. The van der Waals surface area contributed by atoms with Crippen molar-refractivity contribution in [2.45, 2.75) is 26.2 Å². The van der Waals surface area contributed by atoms with Gasteiger partial charge in [0.05, 0.1) is 17.6 Å². The van der Waals surface area contributed by atoms with Gasteiger partial charge in [0.25, 0.3) is 5.69 Å². The average Bonchev–Trinajstić information content (AvgIpc) is 2.24. The molecule has 0 spiro atoms. The molecule has 5 heteroatoms. The van der Waals surface area contributed by atoms with Crippen LogP contribution in [0.25, 0.3) is 0 Å². The van der Waals surface area contributed by atoms with Crippen LogP contribution in [0.5, 0.6) is 5.75 Å². The minimum atomic E-state index is -0.460. The zero-order chi connectivity index (χ0) is 13.1. The molecule has 0 bridgehead atoms. The molecule has 0 saturated carbocycles. The van der Waals surface area contributed by atoms with Crippen LogP contribution in [0.3, 0.4) is 0 Å². The Kier molecular flexibility index (Phi) is 4.07. The van der Waals surface area contributed by atoms with Crippen molar-refractivity contribution in [2.75, 3.05) is 13.2 Å². The number of benzene rings is 1. The molecule has 0 radical (unpaired) electrons. The number of aliphatic hydroxyl groups excluding tert-OH is 1. The third-order valence-electron chi connectivity index (χ3n) is 2.33. The number of aliphatic hydroxyl groups is 1. The van der Waals surface area contributed by atoms with Crippen molar-refractivity contribution >= 4 is 5.69 Å². The molecule has 0 atom stereocenters. The number of rotatable bonds is 4. The Bertz CT molecular complexity index is 409. The molecule has 17 heavy (non-hydrogen) atoms. The van der Waals surface area contributed by atoms with E-state index < -0.39 is 4.92 Å². The summed E-state index contributed by atoms with van der Waals surface area (Å²) in [5, 5.41) is 19.4. The standard InChI is InChI=1S/C12H17NO4/c1-12(2,3)10-5-4-9(13(15)16)8-11(10)17-7-6-14/h4-5,8,14H,6-7H2,1-3H3. The Labute approximate surface area is 100 Å². The highest BCUT2D eigenvalue weighted by atomic mass is 16.6. The summed E-state index contributed by atoms with van der Waals surface area (Å²) in [5.74, 6) is 0.459. The van der Waals surface area contributed by atoms with E-state index in [1.54, 1.807) is 6.07 Å². The zero-order valence-electron chi connectivity index (χ0n) is 10.3. The smallest absolute Gasteiger partial charge is 0.273 e. The van der Waals surface area contributed by atoms with Crippen LogP contribution in [-0.4, -0.2) is 23.2 Å². The van der Waals surface area contributed by atoms with Gasteiger partial charge >= 0.3 is 0 Å². The molecule has 0 aliphatic rings. The fraction of sp³-hybridized carbons (Fsp3) is 0.500. The van der Waals surface area contributed by atoms with Gasteiger partial charge in [-0.1, -0.05) is 20.8 Å². The van der Waals surface area contributed by atoms with Gasteiger partial charge in [-0.2, -0.15) is 0 Å². The summed E-state index contributed by atoms with van der Waals surface area (Å²) in [6, 6.07) is 4.56. The minimum Gasteiger partial charge on any atom is -0.491 e. The lowest BCUT2D eigenvalue weighted by molar-refractivity contribution is -0.385. The summed E-state index contributed by atoms with van der Waals surface area (Å²) in [4.78, 5) is 10.2. The number of hydrogen-bond donors (Lipinski definition) is 1. The van der Waals surface area contributed by atoms with Gasteiger partial charge in [0, 0.05) is 6.07 Å². The molecule has 1 rings (SSSR count). The first-order valence-corrected chi connectivity index (χ1v) is 5.39. The third kappa shape index (κ3) is 3.42. The molecule has 0 heterocycles. The molecule has 0 fully saturated rings. The van der Waals surface area contributed by atoms with Gasteiger partial charge < -0.3 is 9.84 Å². The van der Waals surface area contributed by atoms with Crippen molar-refractivity contribution in [3.05, 3.63) is 33.9 Å². The zero-order valence-corrected chi connectivity index (χ0v) is 10.3. The molecule has 1 aromatic carbocycles. The van der Waals surface area contributed by atoms with E-state index in [-0.39, 0.29) is 24.3 Å². The van der Waals surface area contributed by atoms with Crippen LogP contribution in [0, 0.1) is 10.1 Å². The van der Waals surface area contributed by atoms with E-state index in [4.69, 9.17) is 9.84 Å². The highest BCUT2D eigenvalue weighted by molar-refractivity contribution is 5.47. The summed E-state index contributed by atoms with van der Waals surface area (Å²) in [5.41, 5.74) is 0.711. The van der Waals surface area contributed by atoms with Crippen molar-refractivity contribution in [2.24, 2.45) is 0 Å². The molecule has 5 nitrogen and oxygen atoms in total. The highest BCUT2D eigenvalue weighted by Crippen LogP contribution is 2.34. The first-order chi connectivity index (χ1) is 7.86. The van der Waals surface area contributed by atoms with E-state index in [0.29, 0.717) is 5.75 Å². The second-order valence-corrected chi connectivity index (χ2v) is 4.76. The van der Waals surface area contributed by atoms with E-state index in [9.17, 15) is 10.1 Å². The van der Waals surface area contributed by atoms with Crippen LogP contribution in [0.15, 0.2) is 18.2 Å². The summed E-state index contributed by atoms with van der Waals surface area (Å²) < 4.78 is 5.35. The van der Waals surface area contributed by atoms with E-state index >= 15 is 0 Å². The number of nitro benzene ring substituents is 1. The van der Waals surface area contributed by atoms with E-state index in [1.807, 2.05) is 20.8 Å². The predicted octanol–water partition coefficient (Wildman–Crippen LogP) is 2.26. The van der Waals surface area contributed by atoms with Crippen molar-refractivity contribution in [3.63, 3.8) is 0 Å². The second kappa shape index (κ2) is 5.14. The normalized spacial score (nSPS) is 11.3. The Morgan fingerprint density at radius 1 is 1.41 bits per heavy atom. The first-order valence-electron chi connectivity index (χ1n) is 5.39. The second-order valence-electron chi connectivity index (χ2n) is 4.76. The van der Waals surface area contributed by atoms with E-state index in [0.717, 1.165) is 5.56 Å². The molecule has 0 unspecified atom stereocenters. The van der Waals surface area contributed by atoms with Crippen LogP contribution in [0.1, 0.15) is 26.3 Å². The molecular formula is C12H17NO4. The Morgan fingerprint density at radius 3 is 2.53 bits per heavy atom. The number of non-ortho nitro benzene ring substituents is 1. The monoisotopic (exact) mass is 239 g/mol. The van der Waals surface area contributed by atoms with Crippen molar-refractivity contribution in [1.29, 1.82) is 0 Å². The molecular weight excluding hydrogens is 222 g/mol. The lowest BCUT2D eigenvalue weighted by atomic mass is 9.86. The molecule has 0 aromatic heterocycles. The molecule has 0 aliphatic carbocycles. The lowest BCUT2D eigenvalue weighted by Gasteiger charge is -2.22. The largest absolute Gasteiger partial charge is 0.491 e. The molecule has 94 valence electrons. The summed E-state index contributed by atoms with van der Waals surface area (Å²) in [7, 11) is 0. The van der Waals surface area contributed by atoms with Gasteiger partial charge in [-0.3, -0.25) is 10.1 Å². The summed E-state index contributed by atoms with van der Waals surface area (Å²) >= 11 is 0. The minimum absolute atomic E-state index is 0.00839. The number of nitro groups is 1. The maximum absolute atomic E-state index is 10.7. The third-order valence-corrected chi connectivity index (χ3v) is 2.33. The Morgan fingerprint density at radius 2 is 2.06 bits per heavy atom. The van der Waals surface area contributed by atoms with E-state index in [2.05, 4.69) is 0 Å². The van der Waals surface area contributed by atoms with Crippen LogP contribution in [0.4, 0.5) is 5.69 Å². The Balaban J connectivity index is 3.17. The molecule has 0 aliphatic heterocycles. The van der Waals surface area contributed by atoms with Crippen molar-refractivity contribution in [1.82, 2.24) is 0 Å². The molecule has 1 N–H and O–H groups in total. The summed E-state index contributed by atoms with van der Waals surface area (Å²) in [6.07, 6.45) is 0. The topological polar surface area (TPSA) is 72.6 Å². The van der Waals surface area contributed by atoms with Gasteiger partial charge in [0.15, 0.2) is 0 Å². The van der Waals surface area contributed by atoms with Gasteiger partial charge in [0.2, 0.25) is 0 Å². The van der Waals surface area contributed by atoms with Gasteiger partial charge in [-0.15, -0.1) is 0 Å². The first kappa shape index (κ1) is 13.4. The predicted molar refractivity (Wildman–Crippen MR) is 64.4 cm³/mol. The molecule has 0 amide bonds. The number of nitrogens with zero attached hydrogens (tertiary/aromatic N) is 1. The van der Waals surface area contributed by atoms with Gasteiger partial charge in [-0.05, 0) is 17.0 Å². The summed E-state index contributed by atoms with van der Waals surface area (Å²) in [6.45, 7) is 6.01. The van der Waals surface area contributed by atoms with Crippen molar-refractivity contribution < 1.29 is 14.8 Å². The lowest BCUT2D eigenvalue weighted by Crippen LogP contribution is -2.14. The quantitative estimate of drug-likeness (QED) is 0.646. The number of hydrogen-bond acceptors (Lipinski definition) is 4. The van der Waals surface area contributed by atoms with E-state index in [1.165, 1.54) is 12.1 Å². The number of ether oxygens (including phenoxy) is 1. The molecule has 1 aromatic rings. The van der Waals surface area contributed by atoms with Crippen molar-refractivity contribution in [3.8, 4) is 5.75 Å². The average molecular weight is 239 g/mol.